The molecule has 2 aromatic rings. The van der Waals surface area contributed by atoms with Gasteiger partial charge in [0.15, 0.2) is 0 Å². The van der Waals surface area contributed by atoms with Gasteiger partial charge in [-0.2, -0.15) is 0 Å². The molecule has 1 atom stereocenters. The standard InChI is InChI=1S/C17H18FNO/c1-20-17-8-3-2-5-12(17)11-19-16-10-9-13-14(16)6-4-7-15(13)18/h2-8,16,19H,9-11H2,1H3. The summed E-state index contributed by atoms with van der Waals surface area (Å²) < 4.78 is 19.0. The van der Waals surface area contributed by atoms with Gasteiger partial charge in [0, 0.05) is 18.2 Å². The summed E-state index contributed by atoms with van der Waals surface area (Å²) in [4.78, 5) is 0. The second kappa shape index (κ2) is 5.63. The number of halogens is 1. The van der Waals surface area contributed by atoms with Crippen LogP contribution in [0.5, 0.6) is 5.75 Å². The molecule has 0 bridgehead atoms. The van der Waals surface area contributed by atoms with Gasteiger partial charge in [-0.25, -0.2) is 4.39 Å². The fourth-order valence-corrected chi connectivity index (χ4v) is 2.90. The number of para-hydroxylation sites is 1. The van der Waals surface area contributed by atoms with E-state index in [0.29, 0.717) is 0 Å². The smallest absolute Gasteiger partial charge is 0.126 e. The van der Waals surface area contributed by atoms with Crippen LogP contribution < -0.4 is 10.1 Å². The van der Waals surface area contributed by atoms with E-state index in [-0.39, 0.29) is 11.9 Å². The first kappa shape index (κ1) is 13.1. The highest BCUT2D eigenvalue weighted by Gasteiger charge is 2.24. The van der Waals surface area contributed by atoms with Crippen LogP contribution in [0.25, 0.3) is 0 Å². The maximum absolute atomic E-state index is 13.7. The van der Waals surface area contributed by atoms with Crippen LogP contribution in [-0.4, -0.2) is 7.11 Å². The highest BCUT2D eigenvalue weighted by Crippen LogP contribution is 2.33. The molecule has 1 aliphatic rings. The van der Waals surface area contributed by atoms with E-state index < -0.39 is 0 Å². The molecular formula is C17H18FNO. The van der Waals surface area contributed by atoms with Gasteiger partial charge < -0.3 is 10.1 Å². The molecule has 0 amide bonds. The number of methoxy groups -OCH3 is 1. The van der Waals surface area contributed by atoms with Gasteiger partial charge in [0.05, 0.1) is 7.11 Å². The Labute approximate surface area is 118 Å². The summed E-state index contributed by atoms with van der Waals surface area (Å²) in [6.07, 6.45) is 1.76. The van der Waals surface area contributed by atoms with Gasteiger partial charge in [-0.1, -0.05) is 30.3 Å². The Bertz CT molecular complexity index is 612. The SMILES string of the molecule is COc1ccccc1CNC1CCc2c(F)cccc21. The fraction of sp³-hybridized carbons (Fsp3) is 0.294. The van der Waals surface area contributed by atoms with Gasteiger partial charge in [0.25, 0.3) is 0 Å². The van der Waals surface area contributed by atoms with Crippen molar-refractivity contribution in [2.45, 2.75) is 25.4 Å². The van der Waals surface area contributed by atoms with Crippen LogP contribution in [0.4, 0.5) is 4.39 Å². The van der Waals surface area contributed by atoms with E-state index in [1.165, 1.54) is 0 Å². The summed E-state index contributed by atoms with van der Waals surface area (Å²) in [5.74, 6) is 0.807. The molecule has 0 saturated heterocycles. The van der Waals surface area contributed by atoms with E-state index in [1.807, 2.05) is 30.3 Å². The fourth-order valence-electron chi connectivity index (χ4n) is 2.90. The van der Waals surface area contributed by atoms with Crippen LogP contribution in [0, 0.1) is 5.82 Å². The third kappa shape index (κ3) is 2.41. The number of ether oxygens (including phenoxy) is 1. The zero-order valence-electron chi connectivity index (χ0n) is 11.5. The lowest BCUT2D eigenvalue weighted by Crippen LogP contribution is -2.19. The van der Waals surface area contributed by atoms with Crippen molar-refractivity contribution in [1.29, 1.82) is 0 Å². The number of hydrogen-bond acceptors (Lipinski definition) is 2. The summed E-state index contributed by atoms with van der Waals surface area (Å²) in [7, 11) is 1.68. The molecule has 3 rings (SSSR count). The molecule has 0 heterocycles. The van der Waals surface area contributed by atoms with Crippen molar-refractivity contribution >= 4 is 0 Å². The molecule has 3 heteroatoms. The summed E-state index contributed by atoms with van der Waals surface area (Å²) in [6, 6.07) is 13.5. The Morgan fingerprint density at radius 2 is 2.05 bits per heavy atom. The van der Waals surface area contributed by atoms with Gasteiger partial charge >= 0.3 is 0 Å². The minimum absolute atomic E-state index is 0.0795. The number of benzene rings is 2. The predicted octanol–water partition coefficient (Wildman–Crippen LogP) is 3.61. The number of rotatable bonds is 4. The molecule has 20 heavy (non-hydrogen) atoms. The van der Waals surface area contributed by atoms with E-state index in [9.17, 15) is 4.39 Å². The summed E-state index contributed by atoms with van der Waals surface area (Å²) in [5, 5.41) is 3.51. The van der Waals surface area contributed by atoms with Crippen molar-refractivity contribution in [1.82, 2.24) is 5.32 Å². The third-order valence-electron chi connectivity index (χ3n) is 3.94. The molecule has 0 aliphatic heterocycles. The van der Waals surface area contributed by atoms with Crippen molar-refractivity contribution in [2.75, 3.05) is 7.11 Å². The van der Waals surface area contributed by atoms with E-state index in [2.05, 4.69) is 5.32 Å². The van der Waals surface area contributed by atoms with Crippen molar-refractivity contribution in [3.05, 3.63) is 65.0 Å². The number of nitrogens with one attached hydrogen (secondary N) is 1. The third-order valence-corrected chi connectivity index (χ3v) is 3.94. The Morgan fingerprint density at radius 3 is 2.90 bits per heavy atom. The molecule has 104 valence electrons. The first-order valence-electron chi connectivity index (χ1n) is 6.92. The Morgan fingerprint density at radius 1 is 1.20 bits per heavy atom. The van der Waals surface area contributed by atoms with Gasteiger partial charge in [-0.05, 0) is 36.1 Å². The lowest BCUT2D eigenvalue weighted by molar-refractivity contribution is 0.405. The maximum atomic E-state index is 13.7. The van der Waals surface area contributed by atoms with Crippen molar-refractivity contribution in [3.63, 3.8) is 0 Å². The zero-order chi connectivity index (χ0) is 13.9. The molecule has 0 fully saturated rings. The van der Waals surface area contributed by atoms with Crippen molar-refractivity contribution < 1.29 is 9.13 Å². The number of hydrogen-bond donors (Lipinski definition) is 1. The predicted molar refractivity (Wildman–Crippen MR) is 77.3 cm³/mol. The van der Waals surface area contributed by atoms with E-state index in [4.69, 9.17) is 4.74 Å². The second-order valence-corrected chi connectivity index (χ2v) is 5.09. The minimum atomic E-state index is -0.0795. The van der Waals surface area contributed by atoms with Crippen LogP contribution in [0.2, 0.25) is 0 Å². The van der Waals surface area contributed by atoms with Crippen LogP contribution in [0.15, 0.2) is 42.5 Å². The average Bonchev–Trinajstić information content (AvgIpc) is 2.90. The second-order valence-electron chi connectivity index (χ2n) is 5.09. The van der Waals surface area contributed by atoms with Crippen LogP contribution >= 0.6 is 0 Å². The Balaban J connectivity index is 1.74. The highest BCUT2D eigenvalue weighted by molar-refractivity contribution is 5.37. The Hall–Kier alpha value is -1.87. The normalized spacial score (nSPS) is 17.0. The summed E-state index contributed by atoms with van der Waals surface area (Å²) in [6.45, 7) is 0.727. The van der Waals surface area contributed by atoms with E-state index in [0.717, 1.165) is 41.8 Å². The maximum Gasteiger partial charge on any atom is 0.126 e. The molecule has 2 nitrogen and oxygen atoms in total. The zero-order valence-corrected chi connectivity index (χ0v) is 11.5. The largest absolute Gasteiger partial charge is 0.496 e. The van der Waals surface area contributed by atoms with E-state index in [1.54, 1.807) is 19.2 Å². The first-order valence-corrected chi connectivity index (χ1v) is 6.92. The molecular weight excluding hydrogens is 253 g/mol. The highest BCUT2D eigenvalue weighted by atomic mass is 19.1. The summed E-state index contributed by atoms with van der Waals surface area (Å²) >= 11 is 0. The van der Waals surface area contributed by atoms with Crippen molar-refractivity contribution in [2.24, 2.45) is 0 Å². The molecule has 1 unspecified atom stereocenters. The Kier molecular flexibility index (Phi) is 3.70. The van der Waals surface area contributed by atoms with Gasteiger partial charge in [-0.3, -0.25) is 0 Å². The molecule has 0 radical (unpaired) electrons. The molecule has 0 aromatic heterocycles. The van der Waals surface area contributed by atoms with E-state index >= 15 is 0 Å². The molecule has 1 aliphatic carbocycles. The molecule has 0 saturated carbocycles. The van der Waals surface area contributed by atoms with Crippen molar-refractivity contribution in [3.8, 4) is 5.75 Å². The van der Waals surface area contributed by atoms with Gasteiger partial charge in [0.2, 0.25) is 0 Å². The monoisotopic (exact) mass is 271 g/mol. The molecule has 1 N–H and O–H groups in total. The van der Waals surface area contributed by atoms with Gasteiger partial charge in [-0.15, -0.1) is 0 Å². The van der Waals surface area contributed by atoms with Gasteiger partial charge in [0.1, 0.15) is 11.6 Å². The van der Waals surface area contributed by atoms with Crippen LogP contribution in [0.1, 0.15) is 29.2 Å². The average molecular weight is 271 g/mol. The number of fused-ring (bicyclic) bond motifs is 1. The lowest BCUT2D eigenvalue weighted by atomic mass is 10.1. The summed E-state index contributed by atoms with van der Waals surface area (Å²) in [5.41, 5.74) is 3.09. The van der Waals surface area contributed by atoms with Crippen LogP contribution in [0.3, 0.4) is 0 Å². The first-order chi connectivity index (χ1) is 9.79. The topological polar surface area (TPSA) is 21.3 Å². The molecule has 2 aromatic carbocycles. The minimum Gasteiger partial charge on any atom is -0.496 e. The quantitative estimate of drug-likeness (QED) is 0.917. The lowest BCUT2D eigenvalue weighted by Gasteiger charge is -2.15. The molecule has 0 spiro atoms. The van der Waals surface area contributed by atoms with Crippen LogP contribution in [-0.2, 0) is 13.0 Å².